The van der Waals surface area contributed by atoms with Crippen LogP contribution in [0.1, 0.15) is 11.7 Å². The molecule has 1 aromatic rings. The highest BCUT2D eigenvalue weighted by Gasteiger charge is 2.21. The van der Waals surface area contributed by atoms with Crippen LogP contribution >= 0.6 is 11.6 Å². The maximum atomic E-state index is 13.4. The highest BCUT2D eigenvalue weighted by molar-refractivity contribution is 6.32. The summed E-state index contributed by atoms with van der Waals surface area (Å²) in [7, 11) is 1.22. The van der Waals surface area contributed by atoms with Crippen LogP contribution in [0.5, 0.6) is 11.5 Å². The lowest BCUT2D eigenvalue weighted by atomic mass is 10.1. The Balaban J connectivity index is 3.38. The first kappa shape index (κ1) is 12.0. The number of aliphatic hydroxyl groups excluding tert-OH is 1. The van der Waals surface area contributed by atoms with E-state index in [9.17, 15) is 14.6 Å². The molecule has 4 nitrogen and oxygen atoms in total. The van der Waals surface area contributed by atoms with Crippen LogP contribution in [-0.2, 0) is 0 Å². The van der Waals surface area contributed by atoms with Gasteiger partial charge >= 0.3 is 0 Å². The zero-order valence-corrected chi connectivity index (χ0v) is 8.75. The first-order valence-corrected chi connectivity index (χ1v) is 4.53. The molecule has 0 aliphatic carbocycles. The minimum atomic E-state index is -1.09. The largest absolute Gasteiger partial charge is 0.504 e. The highest BCUT2D eigenvalue weighted by Crippen LogP contribution is 2.38. The van der Waals surface area contributed by atoms with E-state index in [1.165, 1.54) is 13.2 Å². The summed E-state index contributed by atoms with van der Waals surface area (Å²) in [6, 6.07) is 1.22. The molecule has 0 spiro atoms. The van der Waals surface area contributed by atoms with Gasteiger partial charge in [-0.1, -0.05) is 11.6 Å². The number of hydrogen-bond donors (Lipinski definition) is 3. The van der Waals surface area contributed by atoms with Gasteiger partial charge in [0.25, 0.3) is 0 Å². The fourth-order valence-electron chi connectivity index (χ4n) is 1.19. The van der Waals surface area contributed by atoms with Crippen molar-refractivity contribution in [2.24, 2.45) is 5.73 Å². The standard InChI is InChI=1S/C9H11ClFNO3/c1-15-9-4(6(13)3-12)2-5(10)8(14)7(9)11/h2,6,13-14H,3,12H2,1H3. The number of halogens is 2. The van der Waals surface area contributed by atoms with Crippen LogP contribution in [0.25, 0.3) is 0 Å². The Labute approximate surface area is 91.0 Å². The smallest absolute Gasteiger partial charge is 0.208 e. The van der Waals surface area contributed by atoms with Gasteiger partial charge in [0.1, 0.15) is 0 Å². The summed E-state index contributed by atoms with van der Waals surface area (Å²) in [5, 5.41) is 18.5. The van der Waals surface area contributed by atoms with Gasteiger partial charge in [-0.2, -0.15) is 4.39 Å². The van der Waals surface area contributed by atoms with Crippen LogP contribution in [0.15, 0.2) is 6.07 Å². The van der Waals surface area contributed by atoms with Gasteiger partial charge in [-0.05, 0) is 6.07 Å². The number of rotatable bonds is 3. The third-order valence-corrected chi connectivity index (χ3v) is 2.25. The fourth-order valence-corrected chi connectivity index (χ4v) is 1.39. The van der Waals surface area contributed by atoms with Gasteiger partial charge < -0.3 is 20.7 Å². The van der Waals surface area contributed by atoms with Crippen molar-refractivity contribution in [2.45, 2.75) is 6.10 Å². The average molecular weight is 236 g/mol. The van der Waals surface area contributed by atoms with Crippen molar-refractivity contribution in [1.29, 1.82) is 0 Å². The van der Waals surface area contributed by atoms with Crippen LogP contribution in [0.4, 0.5) is 4.39 Å². The Morgan fingerprint density at radius 1 is 1.67 bits per heavy atom. The Morgan fingerprint density at radius 2 is 2.27 bits per heavy atom. The Morgan fingerprint density at radius 3 is 2.73 bits per heavy atom. The molecule has 0 aliphatic rings. The van der Waals surface area contributed by atoms with E-state index >= 15 is 0 Å². The lowest BCUT2D eigenvalue weighted by molar-refractivity contribution is 0.180. The third kappa shape index (κ3) is 2.14. The number of nitrogens with two attached hydrogens (primary N) is 1. The van der Waals surface area contributed by atoms with E-state index < -0.39 is 17.7 Å². The quantitative estimate of drug-likeness (QED) is 0.736. The molecule has 1 rings (SSSR count). The van der Waals surface area contributed by atoms with Gasteiger partial charge in [0.05, 0.1) is 18.2 Å². The maximum absolute atomic E-state index is 13.4. The number of aliphatic hydroxyl groups is 1. The summed E-state index contributed by atoms with van der Waals surface area (Å²) in [5.41, 5.74) is 5.34. The summed E-state index contributed by atoms with van der Waals surface area (Å²) in [5.74, 6) is -1.97. The molecule has 0 radical (unpaired) electrons. The predicted octanol–water partition coefficient (Wildman–Crippen LogP) is 1.19. The second-order valence-corrected chi connectivity index (χ2v) is 3.30. The van der Waals surface area contributed by atoms with Crippen molar-refractivity contribution >= 4 is 11.6 Å². The Bertz CT molecular complexity index is 373. The minimum Gasteiger partial charge on any atom is -0.504 e. The number of aromatic hydroxyl groups is 1. The Hall–Kier alpha value is -1.04. The van der Waals surface area contributed by atoms with Gasteiger partial charge in [-0.25, -0.2) is 0 Å². The summed E-state index contributed by atoms with van der Waals surface area (Å²) in [6.45, 7) is -0.100. The molecule has 1 aromatic carbocycles. The zero-order valence-electron chi connectivity index (χ0n) is 8.00. The molecule has 0 bridgehead atoms. The molecule has 0 heterocycles. The van der Waals surface area contributed by atoms with E-state index in [0.29, 0.717) is 0 Å². The monoisotopic (exact) mass is 235 g/mol. The number of methoxy groups -OCH3 is 1. The van der Waals surface area contributed by atoms with Crippen LogP contribution in [0, 0.1) is 5.82 Å². The van der Waals surface area contributed by atoms with Crippen molar-refractivity contribution in [3.05, 3.63) is 22.5 Å². The lowest BCUT2D eigenvalue weighted by Gasteiger charge is -2.15. The Kier molecular flexibility index (Phi) is 3.73. The second kappa shape index (κ2) is 4.65. The second-order valence-electron chi connectivity index (χ2n) is 2.89. The SMILES string of the molecule is COc1c(C(O)CN)cc(Cl)c(O)c1F. The van der Waals surface area contributed by atoms with Crippen LogP contribution in [-0.4, -0.2) is 23.9 Å². The molecular weight excluding hydrogens is 225 g/mol. The van der Waals surface area contributed by atoms with Crippen LogP contribution in [0.2, 0.25) is 5.02 Å². The van der Waals surface area contributed by atoms with Gasteiger partial charge in [-0.15, -0.1) is 0 Å². The predicted molar refractivity (Wildman–Crippen MR) is 53.6 cm³/mol. The molecule has 0 saturated heterocycles. The number of benzene rings is 1. The topological polar surface area (TPSA) is 75.7 Å². The molecule has 1 atom stereocenters. The number of ether oxygens (including phenoxy) is 1. The van der Waals surface area contributed by atoms with Crippen LogP contribution in [0.3, 0.4) is 0 Å². The van der Waals surface area contributed by atoms with Crippen molar-refractivity contribution in [3.8, 4) is 11.5 Å². The summed E-state index contributed by atoms with van der Waals surface area (Å²) in [6.07, 6.45) is -1.09. The zero-order chi connectivity index (χ0) is 11.6. The molecule has 0 aromatic heterocycles. The molecule has 0 saturated carbocycles. The highest BCUT2D eigenvalue weighted by atomic mass is 35.5. The van der Waals surface area contributed by atoms with Crippen molar-refractivity contribution < 1.29 is 19.3 Å². The number of phenolic OH excluding ortho intramolecular Hbond substituents is 1. The summed E-state index contributed by atoms with van der Waals surface area (Å²) >= 11 is 5.55. The van der Waals surface area contributed by atoms with Gasteiger partial charge in [0, 0.05) is 12.1 Å². The molecule has 84 valence electrons. The van der Waals surface area contributed by atoms with Crippen molar-refractivity contribution in [3.63, 3.8) is 0 Å². The minimum absolute atomic E-state index is 0.100. The summed E-state index contributed by atoms with van der Waals surface area (Å²) in [4.78, 5) is 0. The van der Waals surface area contributed by atoms with Gasteiger partial charge in [-0.3, -0.25) is 0 Å². The molecule has 1 unspecified atom stereocenters. The molecular formula is C9H11ClFNO3. The number of hydrogen-bond acceptors (Lipinski definition) is 4. The van der Waals surface area contributed by atoms with E-state index in [2.05, 4.69) is 0 Å². The van der Waals surface area contributed by atoms with Crippen molar-refractivity contribution in [2.75, 3.05) is 13.7 Å². The van der Waals surface area contributed by atoms with E-state index in [1.54, 1.807) is 0 Å². The first-order valence-electron chi connectivity index (χ1n) is 4.15. The van der Waals surface area contributed by atoms with Crippen molar-refractivity contribution in [1.82, 2.24) is 0 Å². The summed E-state index contributed by atoms with van der Waals surface area (Å²) < 4.78 is 18.1. The van der Waals surface area contributed by atoms with E-state index in [1.807, 2.05) is 0 Å². The molecule has 4 N–H and O–H groups in total. The van der Waals surface area contributed by atoms with Gasteiger partial charge in [0.15, 0.2) is 11.5 Å². The third-order valence-electron chi connectivity index (χ3n) is 1.96. The number of phenols is 1. The van der Waals surface area contributed by atoms with Crippen LogP contribution < -0.4 is 10.5 Å². The molecule has 6 heteroatoms. The molecule has 15 heavy (non-hydrogen) atoms. The molecule has 0 amide bonds. The van der Waals surface area contributed by atoms with Gasteiger partial charge in [0.2, 0.25) is 5.82 Å². The van der Waals surface area contributed by atoms with E-state index in [-0.39, 0.29) is 22.9 Å². The molecule has 0 aliphatic heterocycles. The average Bonchev–Trinajstić information content (AvgIpc) is 2.24. The maximum Gasteiger partial charge on any atom is 0.208 e. The molecule has 0 fully saturated rings. The van der Waals surface area contributed by atoms with E-state index in [0.717, 1.165) is 0 Å². The normalized spacial score (nSPS) is 12.6. The van der Waals surface area contributed by atoms with E-state index in [4.69, 9.17) is 22.1 Å². The fraction of sp³-hybridized carbons (Fsp3) is 0.333. The lowest BCUT2D eigenvalue weighted by Crippen LogP contribution is -2.13. The first-order chi connectivity index (χ1) is 7.02.